The minimum atomic E-state index is -5.07. The Morgan fingerprint density at radius 2 is 0.932 bits per heavy atom. The quantitative estimate of drug-likeness (QED) is 0.0165. The third-order valence-corrected chi connectivity index (χ3v) is 21.7. The lowest BCUT2D eigenvalue weighted by molar-refractivity contribution is -0.138. The molecule has 1 aromatic rings. The number of amides is 17. The summed E-state index contributed by atoms with van der Waals surface area (Å²) < 4.78 is 16.3. The summed E-state index contributed by atoms with van der Waals surface area (Å²) >= 11 is 1.75. The summed E-state index contributed by atoms with van der Waals surface area (Å²) in [7, 11) is -5.07. The second-order valence-electron chi connectivity index (χ2n) is 30.5. The number of phosphoric acid groups is 1. The molecule has 42 nitrogen and oxygen atoms in total. The topological polar surface area (TPSA) is 705 Å². The molecule has 0 aliphatic carbocycles. The van der Waals surface area contributed by atoms with Crippen molar-refractivity contribution in [3.63, 3.8) is 0 Å². The SMILES string of the molecule is CC[C@H](C)[C@H](NC(=O)[C@@H](NC(=O)[C@H](CC(C)C)NC(=O)[C@H](CO)NC(=O)[C@H](CCCCN)NC(=O)[C@H](CCCCN)NC(=O)CCCC[C@@H]1SC[C@@H]2NC(=O)N[C@@H]21)[C@@H](C)O)C(=O)N[C@@H](Cc1ccc(OP(=O)(O)O)cc1)C(=O)N[C@@H](C)C(=O)N[C@@H](CCC(N)=O)C(=O)N[C@H](C(=O)N[C@@H](CCC(N)=O)C(=O)N[C@@H](CCCCN)C(N)=O)C(C)C. The molecular formula is C74H127N20O22PS. The summed E-state index contributed by atoms with van der Waals surface area (Å²) in [5.41, 5.74) is 33.7. The second-order valence-corrected chi connectivity index (χ2v) is 32.9. The van der Waals surface area contributed by atoms with Gasteiger partial charge in [-0.1, -0.05) is 66.5 Å². The van der Waals surface area contributed by atoms with Crippen LogP contribution in [0.1, 0.15) is 183 Å². The van der Waals surface area contributed by atoms with Crippen molar-refractivity contribution in [1.82, 2.24) is 74.4 Å². The molecule has 0 spiro atoms. The summed E-state index contributed by atoms with van der Waals surface area (Å²) in [4.78, 5) is 237. The molecule has 0 unspecified atom stereocenters. The summed E-state index contributed by atoms with van der Waals surface area (Å²) in [5, 5.41) is 58.1. The maximum absolute atomic E-state index is 14.8. The molecule has 0 bridgehead atoms. The Balaban J connectivity index is 1.89. The van der Waals surface area contributed by atoms with E-state index in [1.54, 1.807) is 32.5 Å². The number of hydrogen-bond donors (Lipinski definition) is 24. The normalized spacial score (nSPS) is 17.9. The average Bonchev–Trinajstić information content (AvgIpc) is 1.63. The van der Waals surface area contributed by atoms with E-state index in [0.717, 1.165) is 31.2 Å². The predicted molar refractivity (Wildman–Crippen MR) is 433 cm³/mol. The first-order valence-corrected chi connectivity index (χ1v) is 42.6. The highest BCUT2D eigenvalue weighted by Gasteiger charge is 2.44. The highest BCUT2D eigenvalue weighted by Crippen LogP contribution is 2.38. The molecular weight excluding hydrogens is 1580 g/mol. The zero-order valence-corrected chi connectivity index (χ0v) is 70.1. The Hall–Kier alpha value is -9.36. The summed E-state index contributed by atoms with van der Waals surface area (Å²) in [6.07, 6.45) is 0.902. The molecule has 2 heterocycles. The van der Waals surface area contributed by atoms with Crippen molar-refractivity contribution in [3.05, 3.63) is 29.8 Å². The van der Waals surface area contributed by atoms with Gasteiger partial charge >= 0.3 is 13.9 Å². The third-order valence-electron chi connectivity index (χ3n) is 19.7. The Labute approximate surface area is 691 Å². The molecule has 118 heavy (non-hydrogen) atoms. The molecule has 2 fully saturated rings. The van der Waals surface area contributed by atoms with Gasteiger partial charge in [0.05, 0.1) is 24.8 Å². The van der Waals surface area contributed by atoms with Crippen molar-refractivity contribution < 1.29 is 106 Å². The van der Waals surface area contributed by atoms with E-state index in [1.807, 2.05) is 0 Å². The monoisotopic (exact) mass is 1710 g/mol. The van der Waals surface area contributed by atoms with Crippen LogP contribution < -0.4 is 113 Å². The number of nitrogens with two attached hydrogens (primary N) is 6. The standard InChI is InChI=1S/C74H127N20O22PS/c1-9-40(6)59(92-73(111)60(42(8)96)93-69(107)50(34-38(2)3)87-70(108)52(36-95)89-65(103)47(20-14-17-33-77)85-64(102)46(19-13-16-32-76)82-57(99)22-11-10-21-54-61-53(37-118-54)90-74(112)94-61)72(110)88-51(35-43-23-25-44(26-24-43)116-117(113,114)115)68(106)81-41(7)63(101)84-49(28-30-56(79)98)67(105)91-58(39(4)5)71(109)86-48(27-29-55(78)97)66(104)83-45(62(80)100)18-12-15-31-75/h23-26,38-42,45-54,58-61,95-96H,9-22,27-37,75-77H2,1-8H3,(H2,78,97)(H2,79,98)(H2,80,100)(H,81,106)(H,82,99)(H,83,104)(H,84,101)(H,85,102)(H,86,109)(H,87,108)(H,88,110)(H,89,103)(H,91,105)(H,92,111)(H,93,107)(H2,90,94,112)(H2,113,114,115)/t40-,41-,42+,45-,46-,47-,48-,49-,50-,51-,52-,53-,54-,58-,59-,60-,61-/m0/s1. The van der Waals surface area contributed by atoms with E-state index < -0.39 is 219 Å². The number of thioether (sulfide) groups is 1. The van der Waals surface area contributed by atoms with Gasteiger partial charge in [0, 0.05) is 36.7 Å². The third kappa shape index (κ3) is 37.3. The van der Waals surface area contributed by atoms with Gasteiger partial charge in [-0.25, -0.2) is 9.36 Å². The van der Waals surface area contributed by atoms with E-state index in [9.17, 15) is 101 Å². The van der Waals surface area contributed by atoms with Gasteiger partial charge in [0.1, 0.15) is 78.3 Å². The van der Waals surface area contributed by atoms with Crippen LogP contribution in [0.2, 0.25) is 0 Å². The number of aliphatic hydroxyl groups is 2. The zero-order valence-electron chi connectivity index (χ0n) is 68.4. The lowest BCUT2D eigenvalue weighted by Crippen LogP contribution is -2.63. The zero-order chi connectivity index (χ0) is 88.7. The molecule has 17 atom stereocenters. The van der Waals surface area contributed by atoms with Crippen molar-refractivity contribution >= 4 is 114 Å². The number of urea groups is 1. The van der Waals surface area contributed by atoms with E-state index >= 15 is 0 Å². The molecule has 2 aliphatic heterocycles. The first-order chi connectivity index (χ1) is 55.6. The Morgan fingerprint density at radius 3 is 1.43 bits per heavy atom. The molecule has 17 amide bonds. The Morgan fingerprint density at radius 1 is 0.500 bits per heavy atom. The minimum absolute atomic E-state index is 0.00209. The van der Waals surface area contributed by atoms with Crippen LogP contribution in [0.4, 0.5) is 4.79 Å². The number of fused-ring (bicyclic) bond motifs is 1. The number of benzene rings is 1. The largest absolute Gasteiger partial charge is 0.524 e. The highest BCUT2D eigenvalue weighted by atomic mass is 32.2. The van der Waals surface area contributed by atoms with Gasteiger partial charge < -0.3 is 124 Å². The molecule has 2 saturated heterocycles. The number of carbonyl (C=O) groups is 16. The van der Waals surface area contributed by atoms with Crippen LogP contribution in [0.25, 0.3) is 0 Å². The van der Waals surface area contributed by atoms with Gasteiger partial charge in [0.2, 0.25) is 88.6 Å². The number of phosphoric ester groups is 1. The molecule has 0 saturated carbocycles. The number of primary amides is 3. The first-order valence-electron chi connectivity index (χ1n) is 40.0. The molecule has 44 heteroatoms. The smallest absolute Gasteiger partial charge is 0.404 e. The second kappa shape index (κ2) is 52.5. The van der Waals surface area contributed by atoms with Crippen molar-refractivity contribution in [2.24, 2.45) is 52.2 Å². The number of carbonyl (C=O) groups excluding carboxylic acids is 16. The maximum atomic E-state index is 14.8. The van der Waals surface area contributed by atoms with Crippen LogP contribution in [0.15, 0.2) is 24.3 Å². The molecule has 30 N–H and O–H groups in total. The van der Waals surface area contributed by atoms with E-state index in [2.05, 4.69) is 79.0 Å². The fourth-order valence-corrected chi connectivity index (χ4v) is 14.7. The summed E-state index contributed by atoms with van der Waals surface area (Å²) in [6.45, 7) is 11.7. The fraction of sp³-hybridized carbons (Fsp3) is 0.703. The van der Waals surface area contributed by atoms with Crippen molar-refractivity contribution in [1.29, 1.82) is 0 Å². The van der Waals surface area contributed by atoms with Crippen LogP contribution in [-0.2, 0) is 82.9 Å². The number of rotatable bonds is 58. The van der Waals surface area contributed by atoms with E-state index in [1.165, 1.54) is 39.8 Å². The average molecular weight is 1710 g/mol. The summed E-state index contributed by atoms with van der Waals surface area (Å²) in [6, 6.07) is -13.8. The molecule has 666 valence electrons. The Bertz CT molecular complexity index is 3580. The molecule has 2 aliphatic rings. The van der Waals surface area contributed by atoms with Crippen molar-refractivity contribution in [2.75, 3.05) is 32.0 Å². The lowest BCUT2D eigenvalue weighted by Gasteiger charge is -2.30. The highest BCUT2D eigenvalue weighted by molar-refractivity contribution is 8.00. The van der Waals surface area contributed by atoms with Gasteiger partial charge in [-0.15, -0.1) is 0 Å². The van der Waals surface area contributed by atoms with E-state index in [4.69, 9.17) is 34.4 Å². The number of nitrogens with one attached hydrogen (secondary N) is 14. The Kier molecular flexibility index (Phi) is 45.8. The van der Waals surface area contributed by atoms with Crippen LogP contribution in [0.5, 0.6) is 5.75 Å². The van der Waals surface area contributed by atoms with Crippen LogP contribution in [0, 0.1) is 17.8 Å². The van der Waals surface area contributed by atoms with Crippen LogP contribution >= 0.6 is 19.6 Å². The van der Waals surface area contributed by atoms with Crippen LogP contribution in [-0.4, -0.2) is 243 Å². The first kappa shape index (κ1) is 103. The minimum Gasteiger partial charge on any atom is -0.404 e. The predicted octanol–water partition coefficient (Wildman–Crippen LogP) is -5.21. The van der Waals surface area contributed by atoms with Crippen molar-refractivity contribution in [2.45, 2.75) is 280 Å². The van der Waals surface area contributed by atoms with Gasteiger partial charge in [-0.3, -0.25) is 81.7 Å². The van der Waals surface area contributed by atoms with Gasteiger partial charge in [-0.2, -0.15) is 11.8 Å². The van der Waals surface area contributed by atoms with Crippen molar-refractivity contribution in [3.8, 4) is 5.75 Å². The molecule has 1 aromatic carbocycles. The fourth-order valence-electron chi connectivity index (χ4n) is 12.8. The molecule has 3 rings (SSSR count). The van der Waals surface area contributed by atoms with Gasteiger partial charge in [-0.05, 0) is 159 Å². The van der Waals surface area contributed by atoms with Gasteiger partial charge in [0.25, 0.3) is 0 Å². The number of hydrogen-bond acceptors (Lipinski definition) is 24. The van der Waals surface area contributed by atoms with Gasteiger partial charge in [0.15, 0.2) is 0 Å². The number of aliphatic hydroxyl groups excluding tert-OH is 2. The lowest BCUT2D eigenvalue weighted by atomic mass is 9.96. The molecule has 0 aromatic heterocycles. The number of unbranched alkanes of at least 4 members (excludes halogenated alkanes) is 4. The van der Waals surface area contributed by atoms with E-state index in [-0.39, 0.29) is 98.6 Å². The summed E-state index contributed by atoms with van der Waals surface area (Å²) in [5.74, 6) is -15.7. The molecule has 0 radical (unpaired) electrons. The maximum Gasteiger partial charge on any atom is 0.524 e. The van der Waals surface area contributed by atoms with Crippen LogP contribution in [0.3, 0.4) is 0 Å². The van der Waals surface area contributed by atoms with E-state index in [0.29, 0.717) is 57.9 Å².